The van der Waals surface area contributed by atoms with Crippen LogP contribution in [0.5, 0.6) is 0 Å². The van der Waals surface area contributed by atoms with Crippen molar-refractivity contribution in [3.8, 4) is 22.3 Å². The van der Waals surface area contributed by atoms with E-state index in [-0.39, 0.29) is 5.41 Å². The molecule has 0 heteroatoms. The molecule has 0 atom stereocenters. The Morgan fingerprint density at radius 1 is 0.303 bits per heavy atom. The van der Waals surface area contributed by atoms with Crippen LogP contribution < -0.4 is 0 Å². The standard InChI is InChI=1S/C25H16.4C2H6/c1-5-13-21-17(9-1)18-10-2-6-14-22(18)25(21)23-15-7-3-11-19(23)20-12-4-8-16-24(20)25;4*1-2/h1-16H;4*1-2H3. The molecule has 0 N–H and O–H groups in total. The van der Waals surface area contributed by atoms with Crippen LogP contribution in [0.4, 0.5) is 0 Å². The van der Waals surface area contributed by atoms with Gasteiger partial charge in [0.05, 0.1) is 5.41 Å². The van der Waals surface area contributed by atoms with Crippen molar-refractivity contribution in [3.05, 3.63) is 119 Å². The lowest BCUT2D eigenvalue weighted by molar-refractivity contribution is 0.794. The van der Waals surface area contributed by atoms with Crippen LogP contribution in [0.3, 0.4) is 0 Å². The zero-order chi connectivity index (χ0) is 24.4. The highest BCUT2D eigenvalue weighted by Crippen LogP contribution is 2.62. The summed E-state index contributed by atoms with van der Waals surface area (Å²) in [7, 11) is 0. The highest BCUT2D eigenvalue weighted by atomic mass is 14.5. The van der Waals surface area contributed by atoms with Gasteiger partial charge < -0.3 is 0 Å². The molecule has 0 saturated heterocycles. The fourth-order valence-corrected chi connectivity index (χ4v) is 5.05. The van der Waals surface area contributed by atoms with Crippen LogP contribution in [0.25, 0.3) is 22.3 Å². The number of benzene rings is 4. The van der Waals surface area contributed by atoms with Crippen molar-refractivity contribution in [1.29, 1.82) is 0 Å². The molecule has 0 radical (unpaired) electrons. The van der Waals surface area contributed by atoms with Crippen LogP contribution >= 0.6 is 0 Å². The van der Waals surface area contributed by atoms with Crippen LogP contribution in [0.15, 0.2) is 97.1 Å². The molecule has 0 aliphatic heterocycles. The van der Waals surface area contributed by atoms with Crippen LogP contribution in [0.1, 0.15) is 77.6 Å². The smallest absolute Gasteiger partial charge is 0.0683 e. The second kappa shape index (κ2) is 12.2. The average Bonchev–Trinajstić information content (AvgIpc) is 3.41. The molecule has 0 heterocycles. The first-order valence-corrected chi connectivity index (χ1v) is 12.8. The van der Waals surface area contributed by atoms with Crippen molar-refractivity contribution in [1.82, 2.24) is 0 Å². The summed E-state index contributed by atoms with van der Waals surface area (Å²) < 4.78 is 0. The minimum absolute atomic E-state index is 0.180. The maximum Gasteiger partial charge on any atom is 0.0725 e. The van der Waals surface area contributed by atoms with Gasteiger partial charge in [-0.15, -0.1) is 0 Å². The molecule has 0 aromatic heterocycles. The van der Waals surface area contributed by atoms with Gasteiger partial charge >= 0.3 is 0 Å². The molecular formula is C33H40. The summed E-state index contributed by atoms with van der Waals surface area (Å²) in [6.45, 7) is 16.0. The van der Waals surface area contributed by atoms with E-state index < -0.39 is 0 Å². The SMILES string of the molecule is CC.CC.CC.CC.c1ccc2c(c1)-c1ccccc1C21c2ccccc2-c2ccccc21. The molecule has 0 amide bonds. The Balaban J connectivity index is 0.000000440. The summed E-state index contributed by atoms with van der Waals surface area (Å²) in [5.74, 6) is 0. The molecule has 0 unspecified atom stereocenters. The lowest BCUT2D eigenvalue weighted by atomic mass is 9.70. The molecule has 0 fully saturated rings. The molecule has 4 aromatic carbocycles. The van der Waals surface area contributed by atoms with Gasteiger partial charge in [0, 0.05) is 0 Å². The van der Waals surface area contributed by atoms with E-state index in [9.17, 15) is 0 Å². The summed E-state index contributed by atoms with van der Waals surface area (Å²) in [5, 5.41) is 0. The summed E-state index contributed by atoms with van der Waals surface area (Å²) >= 11 is 0. The highest BCUT2D eigenvalue weighted by Gasteiger charge is 2.51. The summed E-state index contributed by atoms with van der Waals surface area (Å²) in [6, 6.07) is 35.7. The van der Waals surface area contributed by atoms with Gasteiger partial charge in [-0.25, -0.2) is 0 Å². The monoisotopic (exact) mass is 436 g/mol. The molecule has 4 aromatic rings. The molecule has 2 aliphatic carbocycles. The van der Waals surface area contributed by atoms with Crippen molar-refractivity contribution in [2.75, 3.05) is 0 Å². The zero-order valence-electron chi connectivity index (χ0n) is 21.7. The zero-order valence-corrected chi connectivity index (χ0v) is 21.7. The van der Waals surface area contributed by atoms with Crippen molar-refractivity contribution in [2.24, 2.45) is 0 Å². The van der Waals surface area contributed by atoms with Crippen molar-refractivity contribution in [3.63, 3.8) is 0 Å². The maximum atomic E-state index is 2.31. The topological polar surface area (TPSA) is 0 Å². The number of rotatable bonds is 0. The van der Waals surface area contributed by atoms with Gasteiger partial charge in [-0.2, -0.15) is 0 Å². The molecule has 1 spiro atoms. The van der Waals surface area contributed by atoms with Gasteiger partial charge in [0.2, 0.25) is 0 Å². The minimum Gasteiger partial charge on any atom is -0.0683 e. The highest BCUT2D eigenvalue weighted by molar-refractivity contribution is 5.94. The van der Waals surface area contributed by atoms with Crippen LogP contribution in [0.2, 0.25) is 0 Å². The Morgan fingerprint density at radius 2 is 0.485 bits per heavy atom. The molecule has 0 nitrogen and oxygen atoms in total. The second-order valence-electron chi connectivity index (χ2n) is 6.93. The van der Waals surface area contributed by atoms with Crippen LogP contribution in [-0.4, -0.2) is 0 Å². The van der Waals surface area contributed by atoms with E-state index in [0.717, 1.165) is 0 Å². The predicted octanol–water partition coefficient (Wildman–Crippen LogP) is 10.1. The van der Waals surface area contributed by atoms with E-state index in [0.29, 0.717) is 0 Å². The van der Waals surface area contributed by atoms with Crippen LogP contribution in [0, 0.1) is 0 Å². The third-order valence-corrected chi connectivity index (χ3v) is 5.90. The molecule has 172 valence electrons. The van der Waals surface area contributed by atoms with Crippen molar-refractivity contribution >= 4 is 0 Å². The Morgan fingerprint density at radius 3 is 0.697 bits per heavy atom. The van der Waals surface area contributed by atoms with E-state index in [1.165, 1.54) is 44.5 Å². The van der Waals surface area contributed by atoms with Gasteiger partial charge in [0.15, 0.2) is 0 Å². The number of hydrogen-bond donors (Lipinski definition) is 0. The number of hydrogen-bond acceptors (Lipinski definition) is 0. The Hall–Kier alpha value is -3.12. The first-order valence-electron chi connectivity index (χ1n) is 12.8. The minimum atomic E-state index is -0.180. The average molecular weight is 437 g/mol. The molecule has 2 aliphatic rings. The quantitative estimate of drug-likeness (QED) is 0.222. The maximum absolute atomic E-state index is 2.31. The first-order chi connectivity index (χ1) is 16.4. The third-order valence-electron chi connectivity index (χ3n) is 5.90. The van der Waals surface area contributed by atoms with Gasteiger partial charge in [-0.3, -0.25) is 0 Å². The normalized spacial score (nSPS) is 11.9. The summed E-state index contributed by atoms with van der Waals surface area (Å²) in [5.41, 5.74) is 10.9. The predicted molar refractivity (Wildman–Crippen MR) is 148 cm³/mol. The van der Waals surface area contributed by atoms with Gasteiger partial charge in [-0.1, -0.05) is 152 Å². The second-order valence-corrected chi connectivity index (χ2v) is 6.93. The Labute approximate surface area is 202 Å². The molecule has 0 bridgehead atoms. The number of fused-ring (bicyclic) bond motifs is 10. The Bertz CT molecular complexity index is 962. The van der Waals surface area contributed by atoms with E-state index in [1.54, 1.807) is 0 Å². The van der Waals surface area contributed by atoms with Gasteiger partial charge in [-0.05, 0) is 44.5 Å². The lowest BCUT2D eigenvalue weighted by Crippen LogP contribution is -2.25. The summed E-state index contributed by atoms with van der Waals surface area (Å²) in [4.78, 5) is 0. The third kappa shape index (κ3) is 3.93. The lowest BCUT2D eigenvalue weighted by Gasteiger charge is -2.30. The van der Waals surface area contributed by atoms with Crippen molar-refractivity contribution in [2.45, 2.75) is 60.8 Å². The van der Waals surface area contributed by atoms with Gasteiger partial charge in [0.25, 0.3) is 0 Å². The molecule has 33 heavy (non-hydrogen) atoms. The first kappa shape index (κ1) is 26.1. The van der Waals surface area contributed by atoms with E-state index in [2.05, 4.69) is 97.1 Å². The summed E-state index contributed by atoms with van der Waals surface area (Å²) in [6.07, 6.45) is 0. The molecular weight excluding hydrogens is 396 g/mol. The fraction of sp³-hybridized carbons (Fsp3) is 0.273. The van der Waals surface area contributed by atoms with Gasteiger partial charge in [0.1, 0.15) is 0 Å². The largest absolute Gasteiger partial charge is 0.0725 e. The fourth-order valence-electron chi connectivity index (χ4n) is 5.05. The van der Waals surface area contributed by atoms with E-state index in [4.69, 9.17) is 0 Å². The Kier molecular flexibility index (Phi) is 9.67. The molecule has 6 rings (SSSR count). The van der Waals surface area contributed by atoms with E-state index in [1.807, 2.05) is 55.4 Å². The molecule has 0 saturated carbocycles. The van der Waals surface area contributed by atoms with Crippen LogP contribution in [-0.2, 0) is 5.41 Å². The van der Waals surface area contributed by atoms with Crippen molar-refractivity contribution < 1.29 is 0 Å². The van der Waals surface area contributed by atoms with E-state index >= 15 is 0 Å².